The molecule has 110 heavy (non-hydrogen) atoms. The molecule has 9 atom stereocenters. The van der Waals surface area contributed by atoms with Gasteiger partial charge in [0, 0.05) is 19.3 Å². The van der Waals surface area contributed by atoms with E-state index in [0.29, 0.717) is 38.7 Å². The molecule has 1 heterocycles. The number of carbonyl (C=O) groups is 9. The number of aliphatic hydroxyl groups excluding tert-OH is 2. The van der Waals surface area contributed by atoms with Crippen LogP contribution in [0.3, 0.4) is 0 Å². The van der Waals surface area contributed by atoms with E-state index < -0.39 is 103 Å². The smallest absolute Gasteiger partial charge is 0.317 e. The summed E-state index contributed by atoms with van der Waals surface area (Å²) in [4.78, 5) is 114. The van der Waals surface area contributed by atoms with Crippen molar-refractivity contribution in [3.8, 4) is 0 Å². The van der Waals surface area contributed by atoms with Crippen LogP contribution < -0.4 is 0 Å². The molecule has 8 unspecified atom stereocenters. The highest BCUT2D eigenvalue weighted by atomic mass is 16.6. The Morgan fingerprint density at radius 1 is 0.427 bits per heavy atom. The number of cyclic esters (lactones) is 2. The molecule has 0 spiro atoms. The lowest BCUT2D eigenvalue weighted by Gasteiger charge is -2.24. The van der Waals surface area contributed by atoms with Crippen molar-refractivity contribution in [2.75, 3.05) is 33.0 Å². The van der Waals surface area contributed by atoms with E-state index in [4.69, 9.17) is 33.5 Å². The van der Waals surface area contributed by atoms with Crippen LogP contribution in [0.1, 0.15) is 362 Å². The molecule has 0 aliphatic carbocycles. The number of hydrogen-bond acceptors (Lipinski definition) is 17. The maximum atomic E-state index is 14.1. The molecule has 19 heteroatoms. The van der Waals surface area contributed by atoms with E-state index in [2.05, 4.69) is 58.1 Å². The van der Waals surface area contributed by atoms with Gasteiger partial charge >= 0.3 is 53.7 Å². The summed E-state index contributed by atoms with van der Waals surface area (Å²) < 4.78 is 33.1. The summed E-state index contributed by atoms with van der Waals surface area (Å²) in [5.41, 5.74) is 0. The second-order valence-corrected chi connectivity index (χ2v) is 30.7. The average Bonchev–Trinajstić information content (AvgIpc) is 1.74. The normalized spacial score (nSPS) is 15.6. The number of esters is 7. The molecular weight excluding hydrogens is 1400 g/mol. The van der Waals surface area contributed by atoms with Crippen LogP contribution in [0.4, 0.5) is 0 Å². The number of hydrogen-bond donors (Lipinski definition) is 4. The Kier molecular flexibility index (Phi) is 66.4. The molecule has 1 saturated heterocycles. The van der Waals surface area contributed by atoms with Gasteiger partial charge in [0.2, 0.25) is 0 Å². The first-order valence-electron chi connectivity index (χ1n) is 43.7. The largest absolute Gasteiger partial charge is 0.481 e. The van der Waals surface area contributed by atoms with E-state index >= 15 is 0 Å². The van der Waals surface area contributed by atoms with Crippen molar-refractivity contribution in [1.29, 1.82) is 0 Å². The van der Waals surface area contributed by atoms with Gasteiger partial charge in [0.25, 0.3) is 0 Å². The minimum absolute atomic E-state index is 0.0267. The standard InChI is InChI=1S/C91H152O19/c1-6-11-15-18-20-30-38-48-57-74(56-47-37-17-13-8-3)70-107-90(103)81(67-84(96)97)76(60-50-39-19-16-12-7-2)61-51-42-35-36-45-55-65-87(100)109-79(73-106-86(99)64-54-44-34-29-25-27-32-41-52-62-77(59-46-14-9-4)82-68-88(101)110-91(82)104)72-105-85(98)63-53-43-33-28-24-22-21-23-26-31-40-49-58-75(10-5)80(66-83(94)95)89(102)108-71-78(93)69-92/h21,23,31-32,40-41,49,51-52,58,61-62,74-82,92-93H,6-20,22,24-30,33-39,42-48,50,53-57,59-60,63-73H2,1-5H3,(H,94,95)(H,96,97)/b23-21-,40-31-,41-32-,58-49+,61-51+,62-52+/t74?,75?,76?,77?,78?,79-,80?,81?,82?/m1/s1. The lowest BCUT2D eigenvalue weighted by molar-refractivity contribution is -0.167. The van der Waals surface area contributed by atoms with Gasteiger partial charge in [0.1, 0.15) is 25.9 Å². The molecule has 0 bridgehead atoms. The van der Waals surface area contributed by atoms with E-state index in [1.807, 2.05) is 37.3 Å². The van der Waals surface area contributed by atoms with Gasteiger partial charge in [0.15, 0.2) is 6.10 Å². The van der Waals surface area contributed by atoms with Crippen LogP contribution >= 0.6 is 0 Å². The summed E-state index contributed by atoms with van der Waals surface area (Å²) in [6.45, 7) is 9.51. The molecule has 630 valence electrons. The molecule has 0 radical (unpaired) electrons. The molecule has 0 aromatic heterocycles. The highest BCUT2D eigenvalue weighted by Crippen LogP contribution is 2.32. The monoisotopic (exact) mass is 1550 g/mol. The number of carboxylic acid groups (broad SMARTS) is 2. The van der Waals surface area contributed by atoms with E-state index in [1.165, 1.54) is 77.0 Å². The predicted octanol–water partition coefficient (Wildman–Crippen LogP) is 21.3. The fraction of sp³-hybridized carbons (Fsp3) is 0.769. The Morgan fingerprint density at radius 2 is 0.855 bits per heavy atom. The summed E-state index contributed by atoms with van der Waals surface area (Å²) in [6, 6.07) is 0. The van der Waals surface area contributed by atoms with Crippen molar-refractivity contribution in [3.63, 3.8) is 0 Å². The zero-order chi connectivity index (χ0) is 80.7. The SMILES string of the molecule is CCCCCCCCCCC(CCCCCCC)COC(=O)C(CC(=O)O)C(/C=C/CCCCCCC(=O)O[C@@H](COC(=O)CCCCCCC/C=C\C=C\C(CCCCC)C1CC(=O)OC1=O)COC(=O)CCCCCCC/C=C\C/C=C\C=C\C(CC)C(CC(=O)O)C(=O)OCC(O)CO)CCCCCCCC. The number of ether oxygens (including phenoxy) is 6. The van der Waals surface area contributed by atoms with E-state index in [0.717, 1.165) is 180 Å². The second kappa shape index (κ2) is 71.8. The molecule has 0 amide bonds. The molecule has 19 nitrogen and oxygen atoms in total. The number of rotatable bonds is 76. The highest BCUT2D eigenvalue weighted by Gasteiger charge is 2.38. The van der Waals surface area contributed by atoms with E-state index in [1.54, 1.807) is 12.2 Å². The van der Waals surface area contributed by atoms with Crippen molar-refractivity contribution >= 4 is 53.7 Å². The molecule has 0 aromatic carbocycles. The number of aliphatic carboxylic acids is 2. The van der Waals surface area contributed by atoms with Gasteiger partial charge in [-0.3, -0.25) is 43.2 Å². The van der Waals surface area contributed by atoms with Crippen molar-refractivity contribution < 1.29 is 92.0 Å². The Balaban J connectivity index is 2.90. The van der Waals surface area contributed by atoms with Gasteiger partial charge in [0.05, 0.1) is 50.2 Å². The van der Waals surface area contributed by atoms with Crippen molar-refractivity contribution in [3.05, 3.63) is 72.9 Å². The van der Waals surface area contributed by atoms with E-state index in [9.17, 15) is 58.5 Å². The molecular formula is C91H152O19. The topological polar surface area (TPSA) is 290 Å². The van der Waals surface area contributed by atoms with Gasteiger partial charge in [-0.25, -0.2) is 0 Å². The van der Waals surface area contributed by atoms with Crippen molar-refractivity contribution in [1.82, 2.24) is 0 Å². The third kappa shape index (κ3) is 57.8. The van der Waals surface area contributed by atoms with Crippen LogP contribution in [0.15, 0.2) is 72.9 Å². The molecule has 4 N–H and O–H groups in total. The van der Waals surface area contributed by atoms with Gasteiger partial charge in [-0.05, 0) is 120 Å². The van der Waals surface area contributed by atoms with Crippen LogP contribution in [0, 0.1) is 41.4 Å². The summed E-state index contributed by atoms with van der Waals surface area (Å²) >= 11 is 0. The number of carboxylic acids is 2. The Hall–Kier alpha value is -6.21. The van der Waals surface area contributed by atoms with Crippen LogP contribution in [-0.2, 0) is 71.6 Å². The summed E-state index contributed by atoms with van der Waals surface area (Å²) in [6.07, 6.45) is 66.1. The van der Waals surface area contributed by atoms with Gasteiger partial charge in [-0.15, -0.1) is 0 Å². The number of carbonyl (C=O) groups excluding carboxylic acids is 7. The van der Waals surface area contributed by atoms with Gasteiger partial charge < -0.3 is 48.8 Å². The second-order valence-electron chi connectivity index (χ2n) is 30.7. The lowest BCUT2D eigenvalue weighted by atomic mass is 9.84. The highest BCUT2D eigenvalue weighted by molar-refractivity contribution is 5.95. The fourth-order valence-electron chi connectivity index (χ4n) is 14.0. The third-order valence-electron chi connectivity index (χ3n) is 20.8. The van der Waals surface area contributed by atoms with Gasteiger partial charge in [-0.1, -0.05) is 300 Å². The van der Waals surface area contributed by atoms with Crippen LogP contribution in [0.25, 0.3) is 0 Å². The first-order chi connectivity index (χ1) is 53.4. The van der Waals surface area contributed by atoms with Crippen LogP contribution in [0.5, 0.6) is 0 Å². The minimum atomic E-state index is -1.23. The quantitative estimate of drug-likeness (QED) is 0.0110. The third-order valence-corrected chi connectivity index (χ3v) is 20.8. The predicted molar refractivity (Wildman–Crippen MR) is 436 cm³/mol. The zero-order valence-electron chi connectivity index (χ0n) is 69.1. The summed E-state index contributed by atoms with van der Waals surface area (Å²) in [5.74, 6) is -7.95. The maximum Gasteiger partial charge on any atom is 0.317 e. The Labute approximate surface area is 664 Å². The molecule has 1 aliphatic rings. The Morgan fingerprint density at radius 3 is 1.35 bits per heavy atom. The summed E-state index contributed by atoms with van der Waals surface area (Å²) in [5, 5.41) is 38.1. The molecule has 1 rings (SSSR count). The first-order valence-corrected chi connectivity index (χ1v) is 43.7. The number of allylic oxidation sites excluding steroid dienone is 12. The average molecular weight is 1550 g/mol. The minimum Gasteiger partial charge on any atom is -0.481 e. The molecule has 1 aliphatic heterocycles. The van der Waals surface area contributed by atoms with Crippen LogP contribution in [0.2, 0.25) is 0 Å². The molecule has 0 saturated carbocycles. The van der Waals surface area contributed by atoms with Gasteiger partial charge in [-0.2, -0.15) is 0 Å². The Bertz CT molecular complexity index is 2590. The summed E-state index contributed by atoms with van der Waals surface area (Å²) in [7, 11) is 0. The number of aliphatic hydroxyl groups is 2. The van der Waals surface area contributed by atoms with Crippen molar-refractivity contribution in [2.24, 2.45) is 41.4 Å². The molecule has 0 aromatic rings. The number of unbranched alkanes of at least 4 members (excludes halogenated alkanes) is 32. The van der Waals surface area contributed by atoms with E-state index in [-0.39, 0.29) is 69.0 Å². The maximum absolute atomic E-state index is 14.1. The van der Waals surface area contributed by atoms with Crippen LogP contribution in [-0.4, -0.2) is 119 Å². The van der Waals surface area contributed by atoms with Crippen molar-refractivity contribution in [2.45, 2.75) is 374 Å². The first kappa shape index (κ1) is 102. The lowest BCUT2D eigenvalue weighted by Crippen LogP contribution is -2.30. The zero-order valence-corrected chi connectivity index (χ0v) is 69.1. The fourth-order valence-corrected chi connectivity index (χ4v) is 14.0. The molecule has 1 fully saturated rings.